The van der Waals surface area contributed by atoms with E-state index in [0.717, 1.165) is 37.1 Å². The summed E-state index contributed by atoms with van der Waals surface area (Å²) in [5.74, 6) is 0.772. The van der Waals surface area contributed by atoms with Crippen LogP contribution in [0, 0.1) is 5.92 Å². The number of aromatic nitrogens is 3. The zero-order chi connectivity index (χ0) is 25.2. The van der Waals surface area contributed by atoms with Crippen molar-refractivity contribution in [1.82, 2.24) is 20.1 Å². The lowest BCUT2D eigenvalue weighted by Gasteiger charge is -2.40. The second kappa shape index (κ2) is 8.21. The highest BCUT2D eigenvalue weighted by atomic mass is 35.5. The predicted octanol–water partition coefficient (Wildman–Crippen LogP) is 4.58. The Morgan fingerprint density at radius 2 is 2.00 bits per heavy atom. The van der Waals surface area contributed by atoms with Crippen LogP contribution in [0.4, 0.5) is 13.2 Å². The molecule has 1 unspecified atom stereocenters. The van der Waals surface area contributed by atoms with E-state index in [4.69, 9.17) is 16.3 Å². The summed E-state index contributed by atoms with van der Waals surface area (Å²) in [4.78, 5) is 16.6. The number of fused-ring (bicyclic) bond motifs is 2. The number of nitrogens with one attached hydrogen (secondary N) is 1. The average Bonchev–Trinajstić information content (AvgIpc) is 3.52. The van der Waals surface area contributed by atoms with E-state index in [9.17, 15) is 23.1 Å². The Balaban J connectivity index is 1.11. The summed E-state index contributed by atoms with van der Waals surface area (Å²) in [6, 6.07) is 7.24. The van der Waals surface area contributed by atoms with Crippen molar-refractivity contribution in [3.63, 3.8) is 0 Å². The number of aliphatic hydroxyl groups excluding tert-OH is 1. The third-order valence-corrected chi connectivity index (χ3v) is 7.77. The lowest BCUT2D eigenvalue weighted by molar-refractivity contribution is -0.141. The van der Waals surface area contributed by atoms with Crippen LogP contribution in [0.2, 0.25) is 5.02 Å². The molecule has 7 nitrogen and oxygen atoms in total. The van der Waals surface area contributed by atoms with E-state index in [1.54, 1.807) is 24.4 Å². The molecule has 1 aliphatic heterocycles. The van der Waals surface area contributed by atoms with Crippen LogP contribution in [0.15, 0.2) is 48.9 Å². The summed E-state index contributed by atoms with van der Waals surface area (Å²) >= 11 is 6.00. The van der Waals surface area contributed by atoms with E-state index in [1.807, 2.05) is 6.20 Å². The highest BCUT2D eigenvalue weighted by Gasteiger charge is 2.57. The Labute approximate surface area is 209 Å². The summed E-state index contributed by atoms with van der Waals surface area (Å²) in [6.07, 6.45) is 1.12. The molecule has 188 valence electrons. The zero-order valence-electron chi connectivity index (χ0n) is 18.9. The van der Waals surface area contributed by atoms with Gasteiger partial charge in [0.25, 0.3) is 5.91 Å². The SMILES string of the molecule is O=C(NC12CC(C1)C(c1cnn(-c3ccc(C(F)(F)F)nc3)c1)C2)[C@H]1C[C@@H](O)c2cc(Cl)ccc2O1. The predicted molar refractivity (Wildman–Crippen MR) is 123 cm³/mol. The number of carbonyl (C=O) groups is 1. The number of ether oxygens (including phenoxy) is 1. The summed E-state index contributed by atoms with van der Waals surface area (Å²) in [7, 11) is 0. The molecule has 7 rings (SSSR count). The molecule has 3 saturated carbocycles. The first-order valence-corrected chi connectivity index (χ1v) is 12.0. The summed E-state index contributed by atoms with van der Waals surface area (Å²) in [5, 5.41) is 18.5. The minimum absolute atomic E-state index is 0.149. The Morgan fingerprint density at radius 3 is 2.72 bits per heavy atom. The maximum Gasteiger partial charge on any atom is 0.433 e. The number of carbonyl (C=O) groups excluding carboxylic acids is 1. The smallest absolute Gasteiger partial charge is 0.433 e. The molecule has 0 saturated heterocycles. The molecule has 1 amide bonds. The van der Waals surface area contributed by atoms with Crippen molar-refractivity contribution in [2.75, 3.05) is 0 Å². The number of benzene rings is 1. The van der Waals surface area contributed by atoms with Gasteiger partial charge in [0.15, 0.2) is 6.10 Å². The fraction of sp³-hybridized carbons (Fsp3) is 0.400. The van der Waals surface area contributed by atoms with Gasteiger partial charge in [-0.2, -0.15) is 18.3 Å². The van der Waals surface area contributed by atoms with Crippen molar-refractivity contribution in [3.8, 4) is 11.4 Å². The Bertz CT molecular complexity index is 1320. The molecule has 3 aliphatic carbocycles. The van der Waals surface area contributed by atoms with E-state index < -0.39 is 24.1 Å². The fourth-order valence-corrected chi connectivity index (χ4v) is 5.99. The number of halogens is 4. The minimum Gasteiger partial charge on any atom is -0.480 e. The number of pyridine rings is 1. The number of amides is 1. The lowest BCUT2D eigenvalue weighted by atomic mass is 9.75. The molecular weight excluding hydrogens is 497 g/mol. The van der Waals surface area contributed by atoms with Crippen LogP contribution < -0.4 is 10.1 Å². The molecule has 4 aliphatic rings. The number of rotatable bonds is 4. The molecule has 3 fully saturated rings. The molecule has 2 aromatic heterocycles. The largest absolute Gasteiger partial charge is 0.480 e. The molecule has 0 spiro atoms. The highest BCUT2D eigenvalue weighted by Crippen LogP contribution is 2.59. The van der Waals surface area contributed by atoms with E-state index in [-0.39, 0.29) is 23.8 Å². The third kappa shape index (κ3) is 4.02. The van der Waals surface area contributed by atoms with Crippen molar-refractivity contribution in [2.24, 2.45) is 5.92 Å². The lowest BCUT2D eigenvalue weighted by Crippen LogP contribution is -2.56. The first-order chi connectivity index (χ1) is 17.1. The molecule has 3 atom stereocenters. The summed E-state index contributed by atoms with van der Waals surface area (Å²) in [6.45, 7) is 0. The van der Waals surface area contributed by atoms with Crippen molar-refractivity contribution in [2.45, 2.75) is 55.5 Å². The van der Waals surface area contributed by atoms with Crippen LogP contribution in [0.5, 0.6) is 5.75 Å². The standard InChI is InChI=1S/C25H22ClF3N4O3/c26-15-1-3-20-17(5-15)19(34)6-21(36-20)23(35)32-24-7-13(8-24)18(9-24)14-10-31-33(12-14)16-2-4-22(30-11-16)25(27,28)29/h1-5,10-13,18-19,21,34H,6-9H2,(H,32,35)/t13?,18?,19-,21-,24?/m1/s1. The van der Waals surface area contributed by atoms with Gasteiger partial charge in [-0.3, -0.25) is 4.79 Å². The summed E-state index contributed by atoms with van der Waals surface area (Å²) < 4.78 is 45.7. The first-order valence-electron chi connectivity index (χ1n) is 11.6. The Hall–Kier alpha value is -3.11. The average molecular weight is 519 g/mol. The highest BCUT2D eigenvalue weighted by molar-refractivity contribution is 6.30. The molecule has 2 N–H and O–H groups in total. The number of hydrogen-bond acceptors (Lipinski definition) is 5. The van der Waals surface area contributed by atoms with Crippen LogP contribution in [0.25, 0.3) is 5.69 Å². The van der Waals surface area contributed by atoms with E-state index in [2.05, 4.69) is 15.4 Å². The van der Waals surface area contributed by atoms with Gasteiger partial charge >= 0.3 is 6.18 Å². The molecule has 3 aromatic rings. The quantitative estimate of drug-likeness (QED) is 0.528. The van der Waals surface area contributed by atoms with Crippen LogP contribution in [0.1, 0.15) is 54.5 Å². The molecular formula is C25H22ClF3N4O3. The molecule has 36 heavy (non-hydrogen) atoms. The monoisotopic (exact) mass is 518 g/mol. The van der Waals surface area contributed by atoms with Gasteiger partial charge in [-0.05, 0) is 67.0 Å². The van der Waals surface area contributed by atoms with Crippen LogP contribution in [-0.2, 0) is 11.0 Å². The Kier molecular flexibility index (Phi) is 5.31. The van der Waals surface area contributed by atoms with Crippen molar-refractivity contribution >= 4 is 17.5 Å². The molecule has 1 aromatic carbocycles. The van der Waals surface area contributed by atoms with Crippen molar-refractivity contribution in [3.05, 3.63) is 70.8 Å². The van der Waals surface area contributed by atoms with Gasteiger partial charge in [0.05, 0.1) is 24.2 Å². The van der Waals surface area contributed by atoms with Crippen LogP contribution >= 0.6 is 11.6 Å². The second-order valence-corrected chi connectivity index (χ2v) is 10.3. The number of alkyl halides is 3. The number of nitrogens with zero attached hydrogens (tertiary/aromatic N) is 3. The maximum atomic E-state index is 13.1. The Morgan fingerprint density at radius 1 is 1.19 bits per heavy atom. The van der Waals surface area contributed by atoms with E-state index >= 15 is 0 Å². The summed E-state index contributed by atoms with van der Waals surface area (Å²) in [5.41, 5.74) is 0.712. The van der Waals surface area contributed by atoms with Crippen molar-refractivity contribution < 1.29 is 27.8 Å². The van der Waals surface area contributed by atoms with E-state index in [1.165, 1.54) is 10.7 Å². The zero-order valence-corrected chi connectivity index (χ0v) is 19.6. The second-order valence-electron chi connectivity index (χ2n) is 9.91. The normalized spacial score (nSPS) is 28.7. The van der Waals surface area contributed by atoms with Crippen molar-refractivity contribution in [1.29, 1.82) is 0 Å². The van der Waals surface area contributed by atoms with Gasteiger partial charge in [-0.1, -0.05) is 11.6 Å². The first kappa shape index (κ1) is 23.3. The fourth-order valence-electron chi connectivity index (χ4n) is 5.81. The third-order valence-electron chi connectivity index (χ3n) is 7.54. The van der Waals surface area contributed by atoms with Gasteiger partial charge in [0.2, 0.25) is 0 Å². The molecule has 2 bridgehead atoms. The van der Waals surface area contributed by atoms with Crippen LogP contribution in [0.3, 0.4) is 0 Å². The van der Waals surface area contributed by atoms with Gasteiger partial charge in [0, 0.05) is 28.7 Å². The van der Waals surface area contributed by atoms with E-state index in [0.29, 0.717) is 27.9 Å². The molecule has 3 heterocycles. The number of aliphatic hydroxyl groups is 1. The molecule has 11 heteroatoms. The topological polar surface area (TPSA) is 89.3 Å². The molecule has 0 radical (unpaired) electrons. The van der Waals surface area contributed by atoms with Gasteiger partial charge in [-0.15, -0.1) is 0 Å². The maximum absolute atomic E-state index is 13.1. The van der Waals surface area contributed by atoms with Gasteiger partial charge in [0.1, 0.15) is 11.4 Å². The van der Waals surface area contributed by atoms with Crippen LogP contribution in [-0.4, -0.2) is 37.4 Å². The number of hydrogen-bond donors (Lipinski definition) is 2. The van der Waals surface area contributed by atoms with Gasteiger partial charge in [-0.25, -0.2) is 9.67 Å². The minimum atomic E-state index is -4.49. The van der Waals surface area contributed by atoms with Gasteiger partial charge < -0.3 is 15.2 Å².